The third-order valence-electron chi connectivity index (χ3n) is 3.71. The minimum Gasteiger partial charge on any atom is -0.389 e. The number of benzene rings is 1. The molecule has 1 aromatic rings. The molecule has 1 N–H and O–H groups in total. The van der Waals surface area contributed by atoms with Gasteiger partial charge in [0.2, 0.25) is 0 Å². The maximum atomic E-state index is 13.9. The molecule has 0 saturated carbocycles. The first-order chi connectivity index (χ1) is 9.00. The van der Waals surface area contributed by atoms with Gasteiger partial charge in [0.25, 0.3) is 0 Å². The topological polar surface area (TPSA) is 26.7 Å². The van der Waals surface area contributed by atoms with Crippen molar-refractivity contribution in [3.63, 3.8) is 0 Å². The van der Waals surface area contributed by atoms with E-state index in [1.54, 1.807) is 13.0 Å². The van der Waals surface area contributed by atoms with Crippen LogP contribution in [0.2, 0.25) is 0 Å². The van der Waals surface area contributed by atoms with Crippen molar-refractivity contribution in [2.24, 2.45) is 0 Å². The van der Waals surface area contributed by atoms with E-state index < -0.39 is 6.10 Å². The van der Waals surface area contributed by atoms with Crippen LogP contribution in [0.3, 0.4) is 0 Å². The Kier molecular flexibility index (Phi) is 4.42. The molecule has 0 aliphatic carbocycles. The van der Waals surface area contributed by atoms with Gasteiger partial charge in [0.1, 0.15) is 5.82 Å². The summed E-state index contributed by atoms with van der Waals surface area (Å²) in [6.07, 6.45) is 1.46. The Morgan fingerprint density at radius 1 is 1.47 bits per heavy atom. The monoisotopic (exact) mass is 266 g/mol. The van der Waals surface area contributed by atoms with Gasteiger partial charge >= 0.3 is 0 Å². The zero-order chi connectivity index (χ0) is 14.0. The quantitative estimate of drug-likeness (QED) is 0.906. The summed E-state index contributed by atoms with van der Waals surface area (Å²) in [4.78, 5) is 4.40. The fourth-order valence-electron chi connectivity index (χ4n) is 2.95. The smallest absolute Gasteiger partial charge is 0.131 e. The van der Waals surface area contributed by atoms with Crippen molar-refractivity contribution in [3.8, 4) is 0 Å². The van der Waals surface area contributed by atoms with Crippen LogP contribution in [0.25, 0.3) is 0 Å². The fourth-order valence-corrected chi connectivity index (χ4v) is 2.95. The van der Waals surface area contributed by atoms with Crippen molar-refractivity contribution in [1.82, 2.24) is 4.90 Å². The minimum atomic E-state index is -0.781. The first-order valence-electron chi connectivity index (χ1n) is 6.88. The third-order valence-corrected chi connectivity index (χ3v) is 3.71. The highest BCUT2D eigenvalue weighted by molar-refractivity contribution is 5.56. The van der Waals surface area contributed by atoms with Crippen LogP contribution in [-0.2, 0) is 0 Å². The zero-order valence-electron chi connectivity index (χ0n) is 11.9. The molecule has 0 aromatic heterocycles. The molecule has 1 aromatic carbocycles. The number of aliphatic hydroxyl groups is 1. The van der Waals surface area contributed by atoms with Crippen molar-refractivity contribution < 1.29 is 9.50 Å². The lowest BCUT2D eigenvalue weighted by atomic mass is 10.1. The summed E-state index contributed by atoms with van der Waals surface area (Å²) < 4.78 is 13.9. The van der Waals surface area contributed by atoms with Gasteiger partial charge < -0.3 is 14.9 Å². The molecule has 1 fully saturated rings. The summed E-state index contributed by atoms with van der Waals surface area (Å²) >= 11 is 0. The molecule has 3 nitrogen and oxygen atoms in total. The summed E-state index contributed by atoms with van der Waals surface area (Å²) in [5, 5.41) is 9.84. The van der Waals surface area contributed by atoms with Gasteiger partial charge in [0.15, 0.2) is 0 Å². The molecule has 1 unspecified atom stereocenters. The lowest BCUT2D eigenvalue weighted by molar-refractivity contribution is 0.194. The maximum Gasteiger partial charge on any atom is 0.131 e. The maximum absolute atomic E-state index is 13.9. The molecule has 0 amide bonds. The van der Waals surface area contributed by atoms with E-state index in [1.807, 2.05) is 6.07 Å². The average Bonchev–Trinajstić information content (AvgIpc) is 2.75. The molecule has 0 radical (unpaired) electrons. The van der Waals surface area contributed by atoms with Crippen LogP contribution in [0.5, 0.6) is 0 Å². The van der Waals surface area contributed by atoms with Gasteiger partial charge in [0, 0.05) is 30.4 Å². The van der Waals surface area contributed by atoms with Crippen LogP contribution in [0, 0.1) is 5.82 Å². The van der Waals surface area contributed by atoms with Gasteiger partial charge in [-0.05, 0) is 46.0 Å². The highest BCUT2D eigenvalue weighted by Crippen LogP contribution is 2.33. The van der Waals surface area contributed by atoms with Crippen molar-refractivity contribution in [2.45, 2.75) is 31.9 Å². The number of aliphatic hydroxyl groups excluding tert-OH is 1. The summed E-state index contributed by atoms with van der Waals surface area (Å²) in [5.74, 6) is -0.317. The van der Waals surface area contributed by atoms with E-state index in [1.165, 1.54) is 6.07 Å². The summed E-state index contributed by atoms with van der Waals surface area (Å²) in [6.45, 7) is 3.51. The number of halogens is 1. The average molecular weight is 266 g/mol. The molecular formula is C15H23FN2O. The number of likely N-dealkylation sites (N-methyl/N-ethyl adjacent to an activating group) is 1. The Bertz CT molecular complexity index is 434. The predicted molar refractivity (Wildman–Crippen MR) is 76.0 cm³/mol. The fraction of sp³-hybridized carbons (Fsp3) is 0.600. The summed E-state index contributed by atoms with van der Waals surface area (Å²) in [5.41, 5.74) is 1.27. The molecule has 1 heterocycles. The molecule has 2 atom stereocenters. The second-order valence-corrected chi connectivity index (χ2v) is 5.60. The van der Waals surface area contributed by atoms with Crippen LogP contribution >= 0.6 is 0 Å². The Hall–Kier alpha value is -1.13. The van der Waals surface area contributed by atoms with E-state index in [0.717, 1.165) is 31.6 Å². The second kappa shape index (κ2) is 5.88. The van der Waals surface area contributed by atoms with Gasteiger partial charge in [-0.3, -0.25) is 0 Å². The molecule has 0 bridgehead atoms. The lowest BCUT2D eigenvalue weighted by Gasteiger charge is -2.31. The SMILES string of the molecule is C[C@@H](O)c1c(F)cccc1N1CCCC1CN(C)C. The molecule has 4 heteroatoms. The van der Waals surface area contributed by atoms with Crippen LogP contribution in [0.15, 0.2) is 18.2 Å². The van der Waals surface area contributed by atoms with Crippen molar-refractivity contribution in [2.75, 3.05) is 32.1 Å². The zero-order valence-corrected chi connectivity index (χ0v) is 11.9. The van der Waals surface area contributed by atoms with Crippen molar-refractivity contribution >= 4 is 5.69 Å². The van der Waals surface area contributed by atoms with E-state index in [2.05, 4.69) is 23.9 Å². The number of hydrogen-bond donors (Lipinski definition) is 1. The number of nitrogens with zero attached hydrogens (tertiary/aromatic N) is 2. The predicted octanol–water partition coefficient (Wildman–Crippen LogP) is 2.41. The Balaban J connectivity index is 2.32. The first-order valence-corrected chi connectivity index (χ1v) is 6.88. The van der Waals surface area contributed by atoms with E-state index in [9.17, 15) is 9.50 Å². The van der Waals surface area contributed by atoms with Crippen LogP contribution < -0.4 is 4.90 Å². The van der Waals surface area contributed by atoms with E-state index >= 15 is 0 Å². The number of rotatable bonds is 4. The van der Waals surface area contributed by atoms with Crippen LogP contribution in [-0.4, -0.2) is 43.2 Å². The van der Waals surface area contributed by atoms with E-state index in [-0.39, 0.29) is 5.82 Å². The molecule has 1 saturated heterocycles. The Morgan fingerprint density at radius 3 is 2.84 bits per heavy atom. The summed E-state index contributed by atoms with van der Waals surface area (Å²) in [7, 11) is 4.11. The molecule has 0 spiro atoms. The van der Waals surface area contributed by atoms with Gasteiger partial charge in [-0.1, -0.05) is 6.07 Å². The number of anilines is 1. The molecule has 19 heavy (non-hydrogen) atoms. The number of hydrogen-bond acceptors (Lipinski definition) is 3. The highest BCUT2D eigenvalue weighted by atomic mass is 19.1. The molecule has 1 aliphatic rings. The minimum absolute atomic E-state index is 0.317. The van der Waals surface area contributed by atoms with E-state index in [0.29, 0.717) is 11.6 Å². The molecular weight excluding hydrogens is 243 g/mol. The highest BCUT2D eigenvalue weighted by Gasteiger charge is 2.28. The van der Waals surface area contributed by atoms with Gasteiger partial charge in [-0.15, -0.1) is 0 Å². The van der Waals surface area contributed by atoms with Crippen molar-refractivity contribution in [1.29, 1.82) is 0 Å². The summed E-state index contributed by atoms with van der Waals surface area (Å²) in [6, 6.07) is 5.46. The van der Waals surface area contributed by atoms with Gasteiger partial charge in [0.05, 0.1) is 6.10 Å². The molecule has 2 rings (SSSR count). The van der Waals surface area contributed by atoms with E-state index in [4.69, 9.17) is 0 Å². The van der Waals surface area contributed by atoms with Gasteiger partial charge in [-0.25, -0.2) is 4.39 Å². The normalized spacial score (nSPS) is 21.2. The molecule has 106 valence electrons. The largest absolute Gasteiger partial charge is 0.389 e. The van der Waals surface area contributed by atoms with Crippen LogP contribution in [0.1, 0.15) is 31.4 Å². The third kappa shape index (κ3) is 3.07. The second-order valence-electron chi connectivity index (χ2n) is 5.60. The standard InChI is InChI=1S/C15H23FN2O/c1-11(19)15-13(16)7-4-8-14(15)18-9-5-6-12(18)10-17(2)3/h4,7-8,11-12,19H,5-6,9-10H2,1-3H3/t11-,12?/m1/s1. The Labute approximate surface area is 114 Å². The van der Waals surface area contributed by atoms with Crippen LogP contribution in [0.4, 0.5) is 10.1 Å². The van der Waals surface area contributed by atoms with Gasteiger partial charge in [-0.2, -0.15) is 0 Å². The lowest BCUT2D eigenvalue weighted by Crippen LogP contribution is -2.38. The molecule has 1 aliphatic heterocycles. The first kappa shape index (κ1) is 14.3. The Morgan fingerprint density at radius 2 is 2.21 bits per heavy atom. The van der Waals surface area contributed by atoms with Crippen molar-refractivity contribution in [3.05, 3.63) is 29.6 Å².